The van der Waals surface area contributed by atoms with E-state index in [1.54, 1.807) is 20.1 Å². The van der Waals surface area contributed by atoms with E-state index in [-0.39, 0.29) is 8.83 Å². The fourth-order valence-electron chi connectivity index (χ4n) is 0.0493. The Balaban J connectivity index is 2.34. The van der Waals surface area contributed by atoms with Crippen LogP contribution in [0.3, 0.4) is 0 Å². The van der Waals surface area contributed by atoms with Crippen LogP contribution in [0.1, 0.15) is 0 Å². The summed E-state index contributed by atoms with van der Waals surface area (Å²) in [7, 11) is 4.54. The highest BCUT2D eigenvalue weighted by molar-refractivity contribution is 9.26. The van der Waals surface area contributed by atoms with Gasteiger partial charge in [0.15, 0.2) is 8.83 Å². The van der Waals surface area contributed by atoms with E-state index in [9.17, 15) is 0 Å². The molecule has 0 spiro atoms. The summed E-state index contributed by atoms with van der Waals surface area (Å²) >= 11 is 3.88. The molecule has 0 aromatic heterocycles. The Morgan fingerprint density at radius 3 is 2.50 bits per heavy atom. The third-order valence-corrected chi connectivity index (χ3v) is 8.20. The molecule has 0 aliphatic heterocycles. The zero-order valence-electron chi connectivity index (χ0n) is 2.96. The summed E-state index contributed by atoms with van der Waals surface area (Å²) in [6, 6.07) is 0. The molecule has 0 rings (SSSR count). The lowest BCUT2D eigenvalue weighted by Gasteiger charge is -1.84. The normalized spacial score (nSPS) is 11.0. The Hall–Kier alpha value is 1.58. The lowest BCUT2D eigenvalue weighted by Crippen LogP contribution is -1.94. The fourth-order valence-corrected chi connectivity index (χ4v) is 7.48. The van der Waals surface area contributed by atoms with Crippen LogP contribution in [-0.2, 0) is 0 Å². The highest BCUT2D eigenvalue weighted by Crippen LogP contribution is 2.34. The Labute approximate surface area is 55.7 Å². The molecule has 0 bridgehead atoms. The number of thiol groups is 1. The Bertz CT molecular complexity index is 19.5. The molecule has 0 aliphatic rings. The summed E-state index contributed by atoms with van der Waals surface area (Å²) in [6.45, 7) is 0. The largest absolute Gasteiger partial charge is 0.347 e. The zero-order chi connectivity index (χ0) is 4.83. The molecular weight excluding hydrogens is 170 g/mol. The second kappa shape index (κ2) is 6.58. The van der Waals surface area contributed by atoms with Gasteiger partial charge >= 0.3 is 0 Å². The molecule has 0 radical (unpaired) electrons. The van der Waals surface area contributed by atoms with Gasteiger partial charge in [-0.25, -0.2) is 0 Å². The minimum absolute atomic E-state index is 0.287. The van der Waals surface area contributed by atoms with Crippen LogP contribution in [0, 0.1) is 0 Å². The van der Waals surface area contributed by atoms with Gasteiger partial charge in [0.05, 0.1) is 0 Å². The molecule has 1 nitrogen and oxygen atoms in total. The van der Waals surface area contributed by atoms with E-state index in [2.05, 4.69) is 11.7 Å². The standard InChI is InChI=1S/H5NS4Si/c1-6-5-4-3-2/h2H,1,6H2. The molecule has 38 valence electrons. The maximum Gasteiger partial charge on any atom is 0.167 e. The van der Waals surface area contributed by atoms with Gasteiger partial charge in [0.1, 0.15) is 0 Å². The van der Waals surface area contributed by atoms with Gasteiger partial charge in [-0.15, -0.1) is 0 Å². The zero-order valence-corrected chi connectivity index (χ0v) is 7.71. The van der Waals surface area contributed by atoms with Gasteiger partial charge < -0.3 is 5.40 Å². The molecule has 0 amide bonds. The average molecular weight is 175 g/mol. The molecule has 6 heteroatoms. The summed E-state index contributed by atoms with van der Waals surface area (Å²) in [5, 5.41) is 5.25. The van der Waals surface area contributed by atoms with Crippen molar-refractivity contribution in [2.75, 3.05) is 0 Å². The molecule has 0 atom stereocenters. The van der Waals surface area contributed by atoms with Crippen LogP contribution in [0.25, 0.3) is 0 Å². The maximum atomic E-state index is 5.25. The van der Waals surface area contributed by atoms with Crippen molar-refractivity contribution in [3.63, 3.8) is 0 Å². The van der Waals surface area contributed by atoms with Crippen molar-refractivity contribution in [2.45, 2.75) is 0 Å². The van der Waals surface area contributed by atoms with E-state index in [0.717, 1.165) is 0 Å². The minimum Gasteiger partial charge on any atom is -0.347 e. The van der Waals surface area contributed by atoms with Crippen molar-refractivity contribution in [3.05, 3.63) is 0 Å². The Kier molecular flexibility index (Phi) is 8.31. The van der Waals surface area contributed by atoms with E-state index < -0.39 is 0 Å². The van der Waals surface area contributed by atoms with Crippen LogP contribution in [0.5, 0.6) is 0 Å². The van der Waals surface area contributed by atoms with Gasteiger partial charge in [-0.2, -0.15) is 0 Å². The van der Waals surface area contributed by atoms with Crippen molar-refractivity contribution >= 4 is 50.4 Å². The van der Waals surface area contributed by atoms with Crippen molar-refractivity contribution in [1.29, 1.82) is 0 Å². The molecule has 0 saturated carbocycles. The molecule has 0 aromatic carbocycles. The molecule has 0 aliphatic carbocycles. The highest BCUT2D eigenvalue weighted by atomic mass is 33.7. The van der Waals surface area contributed by atoms with Crippen molar-refractivity contribution in [1.82, 2.24) is 0 Å². The van der Waals surface area contributed by atoms with Crippen molar-refractivity contribution in [3.8, 4) is 0 Å². The van der Waals surface area contributed by atoms with Crippen molar-refractivity contribution in [2.24, 2.45) is 5.40 Å². The topological polar surface area (TPSA) is 26.0 Å². The second-order valence-corrected chi connectivity index (χ2v) is 8.53. The molecule has 2 N–H and O–H groups in total. The lowest BCUT2D eigenvalue weighted by atomic mass is 13.9. The molecule has 0 unspecified atom stereocenters. The van der Waals surface area contributed by atoms with E-state index in [1.165, 1.54) is 9.83 Å². The number of hydrogen-bond acceptors (Lipinski definition) is 5. The Morgan fingerprint density at radius 2 is 2.33 bits per heavy atom. The van der Waals surface area contributed by atoms with Crippen LogP contribution in [0.4, 0.5) is 0 Å². The first-order valence-corrected chi connectivity index (χ1v) is 8.47. The fraction of sp³-hybridized carbons (Fsp3) is 0. The van der Waals surface area contributed by atoms with Crippen LogP contribution < -0.4 is 5.40 Å². The summed E-state index contributed by atoms with van der Waals surface area (Å²) in [5.74, 6) is 0. The molecule has 0 fully saturated rings. The smallest absolute Gasteiger partial charge is 0.167 e. The van der Waals surface area contributed by atoms with Gasteiger partial charge in [0.25, 0.3) is 0 Å². The molecule has 0 heterocycles. The first-order valence-electron chi connectivity index (χ1n) is 1.21. The van der Waals surface area contributed by atoms with E-state index in [4.69, 9.17) is 5.40 Å². The van der Waals surface area contributed by atoms with Crippen LogP contribution in [-0.4, -0.2) is 8.83 Å². The van der Waals surface area contributed by atoms with Gasteiger partial charge in [0.2, 0.25) is 0 Å². The van der Waals surface area contributed by atoms with Gasteiger partial charge in [-0.3, -0.25) is 0 Å². The third-order valence-electron chi connectivity index (χ3n) is 0.147. The summed E-state index contributed by atoms with van der Waals surface area (Å²) in [5.41, 5.74) is 0. The van der Waals surface area contributed by atoms with Crippen LogP contribution in [0.2, 0.25) is 0 Å². The lowest BCUT2D eigenvalue weighted by molar-refractivity contribution is 1.98. The van der Waals surface area contributed by atoms with E-state index in [0.29, 0.717) is 0 Å². The Morgan fingerprint density at radius 1 is 1.67 bits per heavy atom. The van der Waals surface area contributed by atoms with Crippen LogP contribution >= 0.6 is 41.6 Å². The predicted molar refractivity (Wildman–Crippen MR) is 44.5 cm³/mol. The van der Waals surface area contributed by atoms with E-state index >= 15 is 0 Å². The average Bonchev–Trinajstić information content (AvgIpc) is 1.61. The second-order valence-electron chi connectivity index (χ2n) is 0.427. The van der Waals surface area contributed by atoms with Gasteiger partial charge in [0, 0.05) is 0 Å². The van der Waals surface area contributed by atoms with Crippen LogP contribution in [0.15, 0.2) is 0 Å². The summed E-state index contributed by atoms with van der Waals surface area (Å²) < 4.78 is 0. The minimum atomic E-state index is -0.287. The summed E-state index contributed by atoms with van der Waals surface area (Å²) in [6.07, 6.45) is 0. The third kappa shape index (κ3) is 5.58. The van der Waals surface area contributed by atoms with Gasteiger partial charge in [-0.05, 0) is 19.7 Å². The highest BCUT2D eigenvalue weighted by Gasteiger charge is 1.78. The molecule has 6 heavy (non-hydrogen) atoms. The molecular formula is H5NS4Si. The summed E-state index contributed by atoms with van der Waals surface area (Å²) in [4.78, 5) is 0. The van der Waals surface area contributed by atoms with E-state index in [1.807, 2.05) is 0 Å². The number of nitrogens with two attached hydrogens (primary N) is 1. The quantitative estimate of drug-likeness (QED) is 0.287. The monoisotopic (exact) mass is 175 g/mol. The molecule has 0 aromatic rings. The van der Waals surface area contributed by atoms with Crippen molar-refractivity contribution < 1.29 is 0 Å². The SMILES string of the molecule is N[SiH2]SSSS. The first-order chi connectivity index (χ1) is 2.91. The maximum absolute atomic E-state index is 5.25. The number of hydrogen-bond donors (Lipinski definition) is 2. The number of rotatable bonds is 3. The first kappa shape index (κ1) is 7.58. The predicted octanol–water partition coefficient (Wildman–Crippen LogP) is 0.818. The van der Waals surface area contributed by atoms with Gasteiger partial charge in [-0.1, -0.05) is 21.9 Å². The molecule has 0 saturated heterocycles.